The van der Waals surface area contributed by atoms with Crippen molar-refractivity contribution in [3.05, 3.63) is 71.8 Å². The van der Waals surface area contributed by atoms with E-state index >= 15 is 0 Å². The van der Waals surface area contributed by atoms with Crippen LogP contribution in [0.4, 0.5) is 0 Å². The van der Waals surface area contributed by atoms with Gasteiger partial charge in [-0.1, -0.05) is 67.1 Å². The molecule has 126 valence electrons. The number of hydrogen-bond acceptors (Lipinski definition) is 3. The minimum atomic E-state index is -0.299. The molecule has 2 aromatic carbocycles. The standard InChI is InChI=1S/C21H24O3/c22-15-9-1-2-10-16-24-21(23)20(19-13-7-4-8-14-19)17-18-11-5-3-6-12-18/h3-8,11-14,17,22H,1-2,9-10,15-16H2. The van der Waals surface area contributed by atoms with Crippen molar-refractivity contribution in [1.29, 1.82) is 0 Å². The SMILES string of the molecule is O=C(OCCCCCCO)C(=Cc1ccccc1)c1ccccc1. The second-order valence-corrected chi connectivity index (χ2v) is 5.61. The number of esters is 1. The lowest BCUT2D eigenvalue weighted by Gasteiger charge is -2.09. The summed E-state index contributed by atoms with van der Waals surface area (Å²) in [5.74, 6) is -0.299. The molecule has 2 aromatic rings. The molecule has 0 saturated heterocycles. The summed E-state index contributed by atoms with van der Waals surface area (Å²) in [6, 6.07) is 19.3. The molecule has 0 bridgehead atoms. The molecule has 0 heterocycles. The van der Waals surface area contributed by atoms with Crippen molar-refractivity contribution >= 4 is 17.6 Å². The first-order valence-corrected chi connectivity index (χ1v) is 8.41. The average molecular weight is 324 g/mol. The zero-order valence-electron chi connectivity index (χ0n) is 13.9. The third-order valence-electron chi connectivity index (χ3n) is 3.70. The first-order valence-electron chi connectivity index (χ1n) is 8.41. The Morgan fingerprint density at radius 1 is 0.875 bits per heavy atom. The highest BCUT2D eigenvalue weighted by Gasteiger charge is 2.13. The van der Waals surface area contributed by atoms with E-state index in [1.54, 1.807) is 0 Å². The van der Waals surface area contributed by atoms with Crippen molar-refractivity contribution in [3.8, 4) is 0 Å². The lowest BCUT2D eigenvalue weighted by Crippen LogP contribution is -2.08. The van der Waals surface area contributed by atoms with Crippen LogP contribution in [0.25, 0.3) is 11.6 Å². The number of aliphatic hydroxyl groups is 1. The molecule has 3 nitrogen and oxygen atoms in total. The van der Waals surface area contributed by atoms with Gasteiger partial charge in [-0.25, -0.2) is 4.79 Å². The zero-order chi connectivity index (χ0) is 17.0. The maximum Gasteiger partial charge on any atom is 0.338 e. The fourth-order valence-electron chi connectivity index (χ4n) is 2.40. The molecule has 0 atom stereocenters. The summed E-state index contributed by atoms with van der Waals surface area (Å²) in [5, 5.41) is 8.76. The van der Waals surface area contributed by atoms with Crippen LogP contribution in [0.3, 0.4) is 0 Å². The van der Waals surface area contributed by atoms with E-state index in [1.165, 1.54) is 0 Å². The predicted molar refractivity (Wildman–Crippen MR) is 97.3 cm³/mol. The van der Waals surface area contributed by atoms with Gasteiger partial charge in [-0.05, 0) is 36.5 Å². The number of ether oxygens (including phenoxy) is 1. The maximum atomic E-state index is 12.5. The van der Waals surface area contributed by atoms with Gasteiger partial charge in [-0.3, -0.25) is 0 Å². The van der Waals surface area contributed by atoms with Crippen LogP contribution in [-0.2, 0) is 9.53 Å². The van der Waals surface area contributed by atoms with Gasteiger partial charge in [0.2, 0.25) is 0 Å². The summed E-state index contributed by atoms with van der Waals surface area (Å²) in [5.41, 5.74) is 2.39. The topological polar surface area (TPSA) is 46.5 Å². The average Bonchev–Trinajstić information content (AvgIpc) is 2.64. The number of unbranched alkanes of at least 4 members (excludes halogenated alkanes) is 3. The molecular formula is C21H24O3. The molecule has 0 amide bonds. The minimum absolute atomic E-state index is 0.220. The van der Waals surface area contributed by atoms with Gasteiger partial charge < -0.3 is 9.84 Å². The number of aliphatic hydroxyl groups excluding tert-OH is 1. The summed E-state index contributed by atoms with van der Waals surface area (Å²) >= 11 is 0. The molecule has 0 spiro atoms. The van der Waals surface area contributed by atoms with Crippen molar-refractivity contribution in [2.45, 2.75) is 25.7 Å². The predicted octanol–water partition coefficient (Wildman–Crippen LogP) is 4.32. The molecule has 0 radical (unpaired) electrons. The Kier molecular flexibility index (Phi) is 7.78. The Labute approximate surface area is 143 Å². The van der Waals surface area contributed by atoms with E-state index in [2.05, 4.69) is 0 Å². The van der Waals surface area contributed by atoms with Crippen molar-refractivity contribution in [2.75, 3.05) is 13.2 Å². The van der Waals surface area contributed by atoms with E-state index in [0.29, 0.717) is 12.2 Å². The minimum Gasteiger partial charge on any atom is -0.462 e. The van der Waals surface area contributed by atoms with Crippen LogP contribution in [0, 0.1) is 0 Å². The summed E-state index contributed by atoms with van der Waals surface area (Å²) < 4.78 is 5.44. The molecule has 0 aromatic heterocycles. The summed E-state index contributed by atoms with van der Waals surface area (Å²) in [7, 11) is 0. The van der Waals surface area contributed by atoms with E-state index in [4.69, 9.17) is 9.84 Å². The third-order valence-corrected chi connectivity index (χ3v) is 3.70. The summed E-state index contributed by atoms with van der Waals surface area (Å²) in [6.07, 6.45) is 5.40. The van der Waals surface area contributed by atoms with Gasteiger partial charge in [0.15, 0.2) is 0 Å². The van der Waals surface area contributed by atoms with Crippen LogP contribution in [0.15, 0.2) is 60.7 Å². The Morgan fingerprint density at radius 2 is 1.50 bits per heavy atom. The number of hydrogen-bond donors (Lipinski definition) is 1. The van der Waals surface area contributed by atoms with E-state index in [9.17, 15) is 4.79 Å². The number of benzene rings is 2. The largest absolute Gasteiger partial charge is 0.462 e. The maximum absolute atomic E-state index is 12.5. The fraction of sp³-hybridized carbons (Fsp3) is 0.286. The molecule has 0 unspecified atom stereocenters. The second kappa shape index (κ2) is 10.4. The van der Waals surface area contributed by atoms with E-state index < -0.39 is 0 Å². The van der Waals surface area contributed by atoms with Crippen molar-refractivity contribution in [3.63, 3.8) is 0 Å². The highest BCUT2D eigenvalue weighted by Crippen LogP contribution is 2.20. The molecule has 0 aliphatic heterocycles. The molecular weight excluding hydrogens is 300 g/mol. The molecule has 0 fully saturated rings. The van der Waals surface area contributed by atoms with Crippen LogP contribution in [-0.4, -0.2) is 24.3 Å². The fourth-order valence-corrected chi connectivity index (χ4v) is 2.40. The monoisotopic (exact) mass is 324 g/mol. The van der Waals surface area contributed by atoms with Crippen molar-refractivity contribution < 1.29 is 14.6 Å². The van der Waals surface area contributed by atoms with Gasteiger partial charge in [-0.2, -0.15) is 0 Å². The Morgan fingerprint density at radius 3 is 2.17 bits per heavy atom. The lowest BCUT2D eigenvalue weighted by molar-refractivity contribution is -0.136. The van der Waals surface area contributed by atoms with E-state index in [-0.39, 0.29) is 12.6 Å². The van der Waals surface area contributed by atoms with Crippen LogP contribution >= 0.6 is 0 Å². The Balaban J connectivity index is 2.03. The second-order valence-electron chi connectivity index (χ2n) is 5.61. The summed E-state index contributed by atoms with van der Waals surface area (Å²) in [4.78, 5) is 12.5. The van der Waals surface area contributed by atoms with Crippen molar-refractivity contribution in [2.24, 2.45) is 0 Å². The quantitative estimate of drug-likeness (QED) is 0.323. The molecule has 2 rings (SSSR count). The molecule has 3 heteroatoms. The molecule has 24 heavy (non-hydrogen) atoms. The molecule has 1 N–H and O–H groups in total. The molecule has 0 aliphatic rings. The van der Waals surface area contributed by atoms with Gasteiger partial charge in [0.1, 0.15) is 0 Å². The van der Waals surface area contributed by atoms with E-state index in [1.807, 2.05) is 66.7 Å². The highest BCUT2D eigenvalue weighted by atomic mass is 16.5. The smallest absolute Gasteiger partial charge is 0.338 e. The van der Waals surface area contributed by atoms with Crippen LogP contribution < -0.4 is 0 Å². The van der Waals surface area contributed by atoms with E-state index in [0.717, 1.165) is 36.8 Å². The Hall–Kier alpha value is -2.39. The first kappa shape index (κ1) is 18.0. The van der Waals surface area contributed by atoms with Gasteiger partial charge in [0.25, 0.3) is 0 Å². The van der Waals surface area contributed by atoms with Gasteiger partial charge in [0.05, 0.1) is 12.2 Å². The highest BCUT2D eigenvalue weighted by molar-refractivity contribution is 6.21. The van der Waals surface area contributed by atoms with Gasteiger partial charge >= 0.3 is 5.97 Å². The van der Waals surface area contributed by atoms with Crippen LogP contribution in [0.5, 0.6) is 0 Å². The van der Waals surface area contributed by atoms with Crippen LogP contribution in [0.1, 0.15) is 36.8 Å². The normalized spacial score (nSPS) is 11.3. The first-order chi connectivity index (χ1) is 11.8. The Bertz CT molecular complexity index is 633. The number of carbonyl (C=O) groups is 1. The molecule has 0 aliphatic carbocycles. The van der Waals surface area contributed by atoms with Crippen LogP contribution in [0.2, 0.25) is 0 Å². The zero-order valence-corrected chi connectivity index (χ0v) is 13.9. The van der Waals surface area contributed by atoms with Crippen molar-refractivity contribution in [1.82, 2.24) is 0 Å². The third kappa shape index (κ3) is 6.01. The molecule has 0 saturated carbocycles. The number of carbonyl (C=O) groups excluding carboxylic acids is 1. The lowest BCUT2D eigenvalue weighted by atomic mass is 10.0. The van der Waals surface area contributed by atoms with Gasteiger partial charge in [0, 0.05) is 6.61 Å². The summed E-state index contributed by atoms with van der Waals surface area (Å²) in [6.45, 7) is 0.626. The van der Waals surface area contributed by atoms with Gasteiger partial charge in [-0.15, -0.1) is 0 Å². The number of rotatable bonds is 9.